The van der Waals surface area contributed by atoms with Gasteiger partial charge in [-0.25, -0.2) is 14.6 Å². The Kier molecular flexibility index (Phi) is 6.49. The largest absolute Gasteiger partial charge is 0.496 e. The summed E-state index contributed by atoms with van der Waals surface area (Å²) in [6.45, 7) is 2.98. The number of aromatic nitrogens is 2. The molecule has 1 aromatic heterocycles. The molecule has 6 rings (SSSR count). The maximum absolute atomic E-state index is 14.4. The number of carbonyl (C=O) groups is 1. The van der Waals surface area contributed by atoms with Crippen molar-refractivity contribution in [2.45, 2.75) is 56.4 Å². The van der Waals surface area contributed by atoms with E-state index in [-0.39, 0.29) is 30.0 Å². The summed E-state index contributed by atoms with van der Waals surface area (Å²) in [5.41, 5.74) is 8.68. The molecule has 36 heavy (non-hydrogen) atoms. The summed E-state index contributed by atoms with van der Waals surface area (Å²) in [6, 6.07) is 8.00. The number of likely N-dealkylation sites (tertiary alicyclic amines) is 1. The van der Waals surface area contributed by atoms with E-state index < -0.39 is 0 Å². The minimum atomic E-state index is -0.231. The maximum atomic E-state index is 14.4. The van der Waals surface area contributed by atoms with Crippen LogP contribution in [0, 0.1) is 17.7 Å². The van der Waals surface area contributed by atoms with Gasteiger partial charge in [0.1, 0.15) is 11.6 Å². The van der Waals surface area contributed by atoms with Crippen LogP contribution in [0.3, 0.4) is 0 Å². The van der Waals surface area contributed by atoms with E-state index in [9.17, 15) is 9.18 Å². The lowest BCUT2D eigenvalue weighted by Gasteiger charge is -2.49. The highest BCUT2D eigenvalue weighted by atomic mass is 19.1. The van der Waals surface area contributed by atoms with Crippen LogP contribution >= 0.6 is 0 Å². The number of hydrogen-bond acceptors (Lipinski definition) is 7. The third-order valence-corrected chi connectivity index (χ3v) is 8.66. The highest BCUT2D eigenvalue weighted by Gasteiger charge is 2.48. The Labute approximate surface area is 210 Å². The second-order valence-electron chi connectivity index (χ2n) is 10.6. The molecule has 0 spiro atoms. The average molecular weight is 496 g/mol. The molecule has 1 aliphatic carbocycles. The number of methoxy groups -OCH3 is 1. The molecule has 5 atom stereocenters. The molecule has 4 fully saturated rings. The molecule has 10 heteroatoms. The first-order valence-electron chi connectivity index (χ1n) is 13.0. The minimum absolute atomic E-state index is 0.0600. The minimum Gasteiger partial charge on any atom is -0.496 e. The van der Waals surface area contributed by atoms with Crippen molar-refractivity contribution in [3.8, 4) is 5.75 Å². The smallest absolute Gasteiger partial charge is 0.317 e. The van der Waals surface area contributed by atoms with Gasteiger partial charge in [-0.3, -0.25) is 10.3 Å². The molecule has 9 nitrogen and oxygen atoms in total. The Morgan fingerprint density at radius 3 is 2.75 bits per heavy atom. The van der Waals surface area contributed by atoms with Gasteiger partial charge >= 0.3 is 6.03 Å². The standard InChI is InChI=1S/C26H34FN7O2/c1-36-24-4-2-3-21(27)20(24)15-33-9-6-18(7-10-33)34-14-17-11-19-23(12-22(17)30-26(34)35)31-32-25(19)16-5-8-28-29-13-16/h2-5,8,13,17-19,22-23,25,31-32H,6-7,9-12,14-15H2,1H3,(H,30,35). The molecule has 3 N–H and O–H groups in total. The van der Waals surface area contributed by atoms with Crippen molar-refractivity contribution in [3.05, 3.63) is 53.6 Å². The molecule has 0 bridgehead atoms. The number of ether oxygens (including phenoxy) is 1. The Morgan fingerprint density at radius 1 is 1.11 bits per heavy atom. The number of halogens is 1. The zero-order valence-electron chi connectivity index (χ0n) is 20.6. The van der Waals surface area contributed by atoms with Crippen molar-refractivity contribution in [2.24, 2.45) is 11.8 Å². The highest BCUT2D eigenvalue weighted by molar-refractivity contribution is 5.76. The van der Waals surface area contributed by atoms with Crippen molar-refractivity contribution in [1.82, 2.24) is 36.2 Å². The van der Waals surface area contributed by atoms with Gasteiger partial charge in [0.25, 0.3) is 0 Å². The lowest BCUT2D eigenvalue weighted by Crippen LogP contribution is -2.63. The van der Waals surface area contributed by atoms with Gasteiger partial charge in [0.15, 0.2) is 0 Å². The van der Waals surface area contributed by atoms with E-state index in [1.165, 1.54) is 6.07 Å². The first-order chi connectivity index (χ1) is 17.6. The number of hydrazine groups is 1. The van der Waals surface area contributed by atoms with Crippen molar-refractivity contribution < 1.29 is 13.9 Å². The zero-order chi connectivity index (χ0) is 24.6. The van der Waals surface area contributed by atoms with Crippen LogP contribution in [0.5, 0.6) is 5.75 Å². The average Bonchev–Trinajstić information content (AvgIpc) is 3.32. The second kappa shape index (κ2) is 9.91. The van der Waals surface area contributed by atoms with Gasteiger partial charge in [0.2, 0.25) is 0 Å². The summed E-state index contributed by atoms with van der Waals surface area (Å²) in [5, 5.41) is 11.3. The fraction of sp³-hybridized carbons (Fsp3) is 0.577. The number of nitrogens with one attached hydrogen (secondary N) is 3. The first-order valence-corrected chi connectivity index (χ1v) is 13.0. The molecule has 192 valence electrons. The Hall–Kier alpha value is -2.82. The maximum Gasteiger partial charge on any atom is 0.317 e. The van der Waals surface area contributed by atoms with Gasteiger partial charge in [-0.15, -0.1) is 0 Å². The second-order valence-corrected chi connectivity index (χ2v) is 10.6. The van der Waals surface area contributed by atoms with Crippen LogP contribution in [0.4, 0.5) is 9.18 Å². The molecule has 2 aromatic rings. The molecule has 3 aliphatic heterocycles. The molecule has 5 unspecified atom stereocenters. The third kappa shape index (κ3) is 4.42. The third-order valence-electron chi connectivity index (χ3n) is 8.66. The van der Waals surface area contributed by atoms with Gasteiger partial charge in [-0.1, -0.05) is 6.07 Å². The number of rotatable bonds is 5. The van der Waals surface area contributed by atoms with E-state index in [0.29, 0.717) is 35.7 Å². The lowest BCUT2D eigenvalue weighted by atomic mass is 9.71. The molecular formula is C26H34FN7O2. The molecule has 3 saturated heterocycles. The predicted octanol–water partition coefficient (Wildman–Crippen LogP) is 2.23. The number of urea groups is 1. The van der Waals surface area contributed by atoms with E-state index in [0.717, 1.165) is 50.9 Å². The first kappa shape index (κ1) is 23.6. The summed E-state index contributed by atoms with van der Waals surface area (Å²) in [6.07, 6.45) is 7.34. The fourth-order valence-electron chi connectivity index (χ4n) is 6.74. The van der Waals surface area contributed by atoms with Crippen LogP contribution in [0.1, 0.15) is 42.9 Å². The normalized spacial score (nSPS) is 31.0. The number of carbonyl (C=O) groups excluding carboxylic acids is 1. The van der Waals surface area contributed by atoms with Crippen LogP contribution in [-0.2, 0) is 6.54 Å². The van der Waals surface area contributed by atoms with Crippen molar-refractivity contribution in [2.75, 3.05) is 26.7 Å². The Morgan fingerprint density at radius 2 is 1.97 bits per heavy atom. The van der Waals surface area contributed by atoms with Crippen molar-refractivity contribution in [3.63, 3.8) is 0 Å². The van der Waals surface area contributed by atoms with Gasteiger partial charge in [-0.05, 0) is 61.3 Å². The van der Waals surface area contributed by atoms with Crippen LogP contribution in [-0.4, -0.2) is 70.9 Å². The van der Waals surface area contributed by atoms with Crippen LogP contribution in [0.2, 0.25) is 0 Å². The number of amides is 2. The molecule has 2 amide bonds. The van der Waals surface area contributed by atoms with Crippen LogP contribution < -0.4 is 20.9 Å². The number of hydrogen-bond donors (Lipinski definition) is 3. The molecule has 1 aromatic carbocycles. The van der Waals surface area contributed by atoms with E-state index in [2.05, 4.69) is 36.2 Å². The summed E-state index contributed by atoms with van der Waals surface area (Å²) in [7, 11) is 1.58. The monoisotopic (exact) mass is 495 g/mol. The Balaban J connectivity index is 1.08. The van der Waals surface area contributed by atoms with Gasteiger partial charge in [0.05, 0.1) is 19.3 Å². The van der Waals surface area contributed by atoms with Crippen molar-refractivity contribution in [1.29, 1.82) is 0 Å². The van der Waals surface area contributed by atoms with E-state index >= 15 is 0 Å². The van der Waals surface area contributed by atoms with Crippen LogP contribution in [0.15, 0.2) is 36.7 Å². The van der Waals surface area contributed by atoms with E-state index in [1.807, 2.05) is 12.3 Å². The number of nitrogens with zero attached hydrogens (tertiary/aromatic N) is 4. The van der Waals surface area contributed by atoms with Crippen molar-refractivity contribution >= 4 is 6.03 Å². The van der Waals surface area contributed by atoms with E-state index in [4.69, 9.17) is 4.74 Å². The summed E-state index contributed by atoms with van der Waals surface area (Å²) in [4.78, 5) is 17.4. The fourth-order valence-corrected chi connectivity index (χ4v) is 6.74. The summed E-state index contributed by atoms with van der Waals surface area (Å²) >= 11 is 0. The zero-order valence-corrected chi connectivity index (χ0v) is 20.6. The van der Waals surface area contributed by atoms with Gasteiger partial charge in [0, 0.05) is 56.1 Å². The predicted molar refractivity (Wildman–Crippen MR) is 131 cm³/mol. The quantitative estimate of drug-likeness (QED) is 0.586. The highest BCUT2D eigenvalue weighted by Crippen LogP contribution is 2.42. The van der Waals surface area contributed by atoms with Gasteiger partial charge < -0.3 is 15.0 Å². The number of piperidine rings is 1. The molecule has 4 heterocycles. The molecule has 1 saturated carbocycles. The molecule has 4 aliphatic rings. The molecule has 0 radical (unpaired) electrons. The van der Waals surface area contributed by atoms with E-state index in [1.54, 1.807) is 25.4 Å². The lowest BCUT2D eigenvalue weighted by molar-refractivity contribution is 0.0573. The number of benzene rings is 1. The summed E-state index contributed by atoms with van der Waals surface area (Å²) < 4.78 is 19.8. The SMILES string of the molecule is COc1cccc(F)c1CN1CCC(N2CC3CC4C(CC3NC2=O)NNC4c2ccnnc2)CC1. The Bertz CT molecular complexity index is 1080. The molecular weight excluding hydrogens is 461 g/mol. The van der Waals surface area contributed by atoms with Gasteiger partial charge in [-0.2, -0.15) is 10.2 Å². The topological polar surface area (TPSA) is 94.7 Å². The number of fused-ring (bicyclic) bond motifs is 2. The summed E-state index contributed by atoms with van der Waals surface area (Å²) in [5.74, 6) is 1.23. The van der Waals surface area contributed by atoms with Crippen LogP contribution in [0.25, 0.3) is 0 Å².